The van der Waals surface area contributed by atoms with Crippen LogP contribution in [-0.4, -0.2) is 45.2 Å². The molecule has 1 unspecified atom stereocenters. The number of aliphatic hydroxyl groups is 1. The van der Waals surface area contributed by atoms with Crippen LogP contribution in [-0.2, 0) is 15.3 Å². The summed E-state index contributed by atoms with van der Waals surface area (Å²) >= 11 is 8.92. The van der Waals surface area contributed by atoms with Gasteiger partial charge >= 0.3 is 5.91 Å². The largest absolute Gasteiger partial charge is 0.507 e. The zero-order valence-electron chi connectivity index (χ0n) is 23.5. The summed E-state index contributed by atoms with van der Waals surface area (Å²) in [6, 6.07) is 14.9. The van der Waals surface area contributed by atoms with Gasteiger partial charge in [-0.05, 0) is 54.8 Å². The Morgan fingerprint density at radius 2 is 1.84 bits per heavy atom. The maximum Gasteiger partial charge on any atom is 0.301 e. The number of nitrogens with zero attached hydrogens (tertiary/aromatic N) is 4. The summed E-state index contributed by atoms with van der Waals surface area (Å²) in [6.07, 6.45) is 4.87. The van der Waals surface area contributed by atoms with Crippen molar-refractivity contribution in [1.29, 1.82) is 0 Å². The van der Waals surface area contributed by atoms with E-state index in [1.165, 1.54) is 40.4 Å². The van der Waals surface area contributed by atoms with Gasteiger partial charge in [-0.1, -0.05) is 72.3 Å². The molecule has 43 heavy (non-hydrogen) atoms. The lowest BCUT2D eigenvalue weighted by Crippen LogP contribution is -2.29. The predicted molar refractivity (Wildman–Crippen MR) is 168 cm³/mol. The Labute approximate surface area is 262 Å². The Hall–Kier alpha value is -3.93. The Morgan fingerprint density at radius 1 is 1.05 bits per heavy atom. The van der Waals surface area contributed by atoms with E-state index in [-0.39, 0.29) is 16.5 Å². The Kier molecular flexibility index (Phi) is 9.96. The van der Waals surface area contributed by atoms with Crippen LogP contribution >= 0.6 is 34.7 Å². The molecule has 12 heteroatoms. The number of amides is 1. The van der Waals surface area contributed by atoms with E-state index in [9.17, 15) is 14.7 Å². The zero-order chi connectivity index (χ0) is 30.3. The summed E-state index contributed by atoms with van der Waals surface area (Å²) in [4.78, 5) is 32.4. The highest BCUT2D eigenvalue weighted by Crippen LogP contribution is 2.45. The van der Waals surface area contributed by atoms with Gasteiger partial charge in [0, 0.05) is 28.7 Å². The maximum absolute atomic E-state index is 13.6. The monoisotopic (exact) mass is 636 g/mol. The number of Topliss-reactive ketones (excluding diaryl/α,β-unsaturated/α-hetero) is 1. The number of unbranched alkanes of at least 4 members (excludes halogenated alkanes) is 1. The fourth-order valence-corrected chi connectivity index (χ4v) is 6.69. The molecule has 0 bridgehead atoms. The van der Waals surface area contributed by atoms with Crippen LogP contribution in [0.25, 0.3) is 5.76 Å². The van der Waals surface area contributed by atoms with Crippen LogP contribution in [0.5, 0.6) is 11.5 Å². The van der Waals surface area contributed by atoms with Gasteiger partial charge in [0.1, 0.15) is 5.76 Å². The Balaban J connectivity index is 1.56. The first-order valence-electron chi connectivity index (χ1n) is 13.7. The van der Waals surface area contributed by atoms with Crippen molar-refractivity contribution in [2.75, 3.05) is 18.1 Å². The topological polar surface area (TPSA) is 115 Å². The summed E-state index contributed by atoms with van der Waals surface area (Å²) in [5.74, 6) is -0.386. The zero-order valence-corrected chi connectivity index (χ0v) is 25.9. The average molecular weight is 637 g/mol. The van der Waals surface area contributed by atoms with Crippen molar-refractivity contribution in [2.45, 2.75) is 42.8 Å². The third kappa shape index (κ3) is 6.69. The summed E-state index contributed by atoms with van der Waals surface area (Å²) < 4.78 is 12.4. The number of halogens is 1. The van der Waals surface area contributed by atoms with E-state index in [0.717, 1.165) is 18.4 Å². The number of ether oxygens (including phenoxy) is 2. The minimum absolute atomic E-state index is 0.0706. The molecule has 1 atom stereocenters. The minimum atomic E-state index is -0.994. The van der Waals surface area contributed by atoms with Crippen molar-refractivity contribution in [2.24, 2.45) is 0 Å². The normalized spacial score (nSPS) is 16.1. The van der Waals surface area contributed by atoms with Gasteiger partial charge in [0.15, 0.2) is 15.8 Å². The number of aliphatic hydroxyl groups excluding tert-OH is 1. The van der Waals surface area contributed by atoms with E-state index in [1.54, 1.807) is 30.3 Å². The summed E-state index contributed by atoms with van der Waals surface area (Å²) in [5, 5.41) is 20.8. The van der Waals surface area contributed by atoms with E-state index in [4.69, 9.17) is 21.1 Å². The van der Waals surface area contributed by atoms with Crippen molar-refractivity contribution in [3.8, 4) is 11.5 Å². The summed E-state index contributed by atoms with van der Waals surface area (Å²) in [6.45, 7) is 4.85. The van der Waals surface area contributed by atoms with Gasteiger partial charge in [-0.2, -0.15) is 0 Å². The van der Waals surface area contributed by atoms with Crippen LogP contribution < -0.4 is 14.4 Å². The molecule has 1 aliphatic heterocycles. The van der Waals surface area contributed by atoms with Crippen molar-refractivity contribution in [3.05, 3.63) is 94.3 Å². The lowest BCUT2D eigenvalue weighted by molar-refractivity contribution is -0.132. The SMILES string of the molecule is CCCCOc1ccc(C2/C(=C(\O)c3ccncc3)C(=O)C(=O)N2c2nnc(SCc3ccccc3Cl)s2)cc1OCC. The maximum atomic E-state index is 13.6. The molecule has 0 spiro atoms. The van der Waals surface area contributed by atoms with Crippen LogP contribution in [0.15, 0.2) is 76.9 Å². The molecule has 5 rings (SSSR count). The van der Waals surface area contributed by atoms with Gasteiger partial charge in [0.2, 0.25) is 5.13 Å². The first-order valence-corrected chi connectivity index (χ1v) is 15.9. The standard InChI is InChI=1S/C31H29ClN4O5S2/c1-3-5-16-41-23-11-10-20(17-24(23)40-4-2)26-25(27(37)19-12-14-33-15-13-19)28(38)29(39)36(26)30-34-35-31(43-30)42-18-21-8-6-7-9-22(21)32/h6-15,17,26,37H,3-5,16,18H2,1-2H3/b27-25+. The lowest BCUT2D eigenvalue weighted by Gasteiger charge is -2.23. The fourth-order valence-electron chi connectivity index (χ4n) is 4.53. The van der Waals surface area contributed by atoms with E-state index in [2.05, 4.69) is 22.1 Å². The van der Waals surface area contributed by atoms with Gasteiger partial charge in [-0.3, -0.25) is 19.5 Å². The molecule has 2 aromatic carbocycles. The molecule has 1 saturated heterocycles. The molecule has 2 aromatic heterocycles. The molecule has 0 saturated carbocycles. The molecule has 3 heterocycles. The van der Waals surface area contributed by atoms with E-state index < -0.39 is 17.7 Å². The van der Waals surface area contributed by atoms with Gasteiger partial charge in [-0.15, -0.1) is 10.2 Å². The number of carbonyl (C=O) groups excluding carboxylic acids is 2. The van der Waals surface area contributed by atoms with Crippen molar-refractivity contribution < 1.29 is 24.2 Å². The van der Waals surface area contributed by atoms with Gasteiger partial charge < -0.3 is 14.6 Å². The molecular formula is C31H29ClN4O5S2. The number of benzene rings is 2. The van der Waals surface area contributed by atoms with Crippen LogP contribution in [0.1, 0.15) is 49.4 Å². The second-order valence-electron chi connectivity index (χ2n) is 9.48. The Morgan fingerprint density at radius 3 is 2.58 bits per heavy atom. The molecule has 0 aliphatic carbocycles. The number of pyridine rings is 1. The number of anilines is 1. The number of hydrogen-bond acceptors (Lipinski definition) is 10. The van der Waals surface area contributed by atoms with Crippen LogP contribution in [0.2, 0.25) is 5.02 Å². The van der Waals surface area contributed by atoms with Crippen molar-refractivity contribution in [3.63, 3.8) is 0 Å². The van der Waals surface area contributed by atoms with E-state index >= 15 is 0 Å². The molecule has 1 aliphatic rings. The number of thioether (sulfide) groups is 1. The fraction of sp³-hybridized carbons (Fsp3) is 0.258. The van der Waals surface area contributed by atoms with Crippen LogP contribution in [0.3, 0.4) is 0 Å². The predicted octanol–water partition coefficient (Wildman–Crippen LogP) is 7.08. The van der Waals surface area contributed by atoms with Crippen LogP contribution in [0, 0.1) is 0 Å². The van der Waals surface area contributed by atoms with E-state index in [1.807, 2.05) is 31.2 Å². The molecule has 1 N–H and O–H groups in total. The second-order valence-corrected chi connectivity index (χ2v) is 12.1. The minimum Gasteiger partial charge on any atom is -0.507 e. The number of aromatic nitrogens is 3. The third-order valence-electron chi connectivity index (χ3n) is 6.65. The third-order valence-corrected chi connectivity index (χ3v) is 9.12. The van der Waals surface area contributed by atoms with Crippen molar-refractivity contribution >= 4 is 57.3 Å². The highest BCUT2D eigenvalue weighted by Gasteiger charge is 2.48. The number of carbonyl (C=O) groups is 2. The van der Waals surface area contributed by atoms with Gasteiger partial charge in [0.25, 0.3) is 5.78 Å². The smallest absolute Gasteiger partial charge is 0.301 e. The highest BCUT2D eigenvalue weighted by atomic mass is 35.5. The van der Waals surface area contributed by atoms with Crippen molar-refractivity contribution in [1.82, 2.24) is 15.2 Å². The molecule has 1 amide bonds. The lowest BCUT2D eigenvalue weighted by atomic mass is 9.95. The number of ketones is 1. The summed E-state index contributed by atoms with van der Waals surface area (Å²) in [7, 11) is 0. The Bertz CT molecular complexity index is 1650. The van der Waals surface area contributed by atoms with Crippen LogP contribution in [0.4, 0.5) is 5.13 Å². The van der Waals surface area contributed by atoms with E-state index in [0.29, 0.717) is 51.0 Å². The quantitative estimate of drug-likeness (QED) is 0.0435. The molecule has 0 radical (unpaired) electrons. The molecule has 222 valence electrons. The average Bonchev–Trinajstić information content (AvgIpc) is 3.59. The summed E-state index contributed by atoms with van der Waals surface area (Å²) in [5.41, 5.74) is 1.77. The first-order chi connectivity index (χ1) is 20.9. The number of rotatable bonds is 12. The second kappa shape index (κ2) is 14.0. The molecule has 9 nitrogen and oxygen atoms in total. The molecular weight excluding hydrogens is 608 g/mol. The highest BCUT2D eigenvalue weighted by molar-refractivity contribution is 8.00. The first kappa shape index (κ1) is 30.5. The number of hydrogen-bond donors (Lipinski definition) is 1. The molecule has 1 fully saturated rings. The van der Waals surface area contributed by atoms with Gasteiger partial charge in [0.05, 0.1) is 24.8 Å². The van der Waals surface area contributed by atoms with Gasteiger partial charge in [-0.25, -0.2) is 0 Å². The molecule has 4 aromatic rings.